The molecule has 6 nitrogen and oxygen atoms in total. The Bertz CT molecular complexity index is 865. The van der Waals surface area contributed by atoms with E-state index in [1.54, 1.807) is 17.6 Å². The van der Waals surface area contributed by atoms with Crippen molar-refractivity contribution in [3.63, 3.8) is 0 Å². The van der Waals surface area contributed by atoms with Crippen LogP contribution >= 0.6 is 11.3 Å². The molecule has 0 radical (unpaired) electrons. The van der Waals surface area contributed by atoms with Crippen LogP contribution in [0.15, 0.2) is 64.6 Å². The summed E-state index contributed by atoms with van der Waals surface area (Å²) in [5.74, 6) is 0.922. The first-order valence-corrected chi connectivity index (χ1v) is 10.5. The normalized spacial score (nSPS) is 12.1. The maximum Gasteiger partial charge on any atom is 0.315 e. The van der Waals surface area contributed by atoms with Gasteiger partial charge in [-0.3, -0.25) is 4.90 Å². The highest BCUT2D eigenvalue weighted by Crippen LogP contribution is 2.21. The minimum absolute atomic E-state index is 0.0215. The zero-order valence-electron chi connectivity index (χ0n) is 16.5. The lowest BCUT2D eigenvalue weighted by atomic mass is 10.1. The molecule has 0 fully saturated rings. The summed E-state index contributed by atoms with van der Waals surface area (Å²) < 4.78 is 5.41. The third-order valence-corrected chi connectivity index (χ3v) is 5.60. The van der Waals surface area contributed by atoms with Crippen molar-refractivity contribution in [3.8, 4) is 0 Å². The van der Waals surface area contributed by atoms with Gasteiger partial charge in [0.1, 0.15) is 5.76 Å². The third kappa shape index (κ3) is 6.45. The van der Waals surface area contributed by atoms with E-state index in [1.807, 2.05) is 54.9 Å². The molecule has 154 valence electrons. The topological polar surface area (TPSA) is 77.7 Å². The molecule has 2 amide bonds. The van der Waals surface area contributed by atoms with E-state index < -0.39 is 0 Å². The molecule has 2 heterocycles. The van der Waals surface area contributed by atoms with E-state index in [1.165, 1.54) is 0 Å². The third-order valence-electron chi connectivity index (χ3n) is 4.61. The number of benzene rings is 1. The van der Waals surface area contributed by atoms with Crippen LogP contribution in [0.1, 0.15) is 34.2 Å². The molecule has 0 bridgehead atoms. The minimum Gasteiger partial charge on any atom is -0.468 e. The molecule has 3 N–H and O–H groups in total. The van der Waals surface area contributed by atoms with Gasteiger partial charge in [-0.15, -0.1) is 11.3 Å². The Morgan fingerprint density at radius 2 is 1.97 bits per heavy atom. The number of carbonyl (C=O) groups is 1. The molecule has 3 rings (SSSR count). The van der Waals surface area contributed by atoms with Crippen LogP contribution in [-0.2, 0) is 19.6 Å². The van der Waals surface area contributed by atoms with Crippen LogP contribution < -0.4 is 10.6 Å². The van der Waals surface area contributed by atoms with Gasteiger partial charge in [-0.2, -0.15) is 0 Å². The first kappa shape index (κ1) is 21.1. The Labute approximate surface area is 175 Å². The van der Waals surface area contributed by atoms with Gasteiger partial charge in [-0.25, -0.2) is 4.79 Å². The predicted molar refractivity (Wildman–Crippen MR) is 114 cm³/mol. The van der Waals surface area contributed by atoms with Gasteiger partial charge in [-0.05, 0) is 48.2 Å². The fourth-order valence-corrected chi connectivity index (χ4v) is 4.00. The van der Waals surface area contributed by atoms with E-state index in [0.717, 1.165) is 34.9 Å². The number of hydrogen-bond acceptors (Lipinski definition) is 5. The molecule has 0 aliphatic heterocycles. The molecule has 3 aromatic rings. The van der Waals surface area contributed by atoms with Gasteiger partial charge in [0, 0.05) is 24.6 Å². The lowest BCUT2D eigenvalue weighted by Crippen LogP contribution is -2.38. The SMILES string of the molecule is CN(Cc1ccco1)Cc1ccccc1CNC(=O)NC(CCO)c1cccs1. The van der Waals surface area contributed by atoms with Crippen LogP contribution in [0.4, 0.5) is 4.79 Å². The quantitative estimate of drug-likeness (QED) is 0.471. The Morgan fingerprint density at radius 3 is 2.66 bits per heavy atom. The molecule has 1 atom stereocenters. The number of hydrogen-bond donors (Lipinski definition) is 3. The number of urea groups is 1. The average Bonchev–Trinajstić information content (AvgIpc) is 3.41. The van der Waals surface area contributed by atoms with Gasteiger partial charge in [0.25, 0.3) is 0 Å². The van der Waals surface area contributed by atoms with Crippen LogP contribution in [0.5, 0.6) is 0 Å². The number of nitrogens with zero attached hydrogens (tertiary/aromatic N) is 1. The molecule has 29 heavy (non-hydrogen) atoms. The first-order valence-electron chi connectivity index (χ1n) is 9.62. The van der Waals surface area contributed by atoms with E-state index in [9.17, 15) is 9.90 Å². The number of aliphatic hydroxyl groups is 1. The number of carbonyl (C=O) groups excluding carboxylic acids is 1. The first-order chi connectivity index (χ1) is 14.2. The summed E-state index contributed by atoms with van der Waals surface area (Å²) in [5, 5.41) is 17.2. The van der Waals surface area contributed by atoms with Gasteiger partial charge in [-0.1, -0.05) is 30.3 Å². The molecule has 0 aliphatic carbocycles. The second kappa shape index (κ2) is 10.8. The maximum atomic E-state index is 12.4. The molecular weight excluding hydrogens is 386 g/mol. The summed E-state index contributed by atoms with van der Waals surface area (Å²) in [6, 6.07) is 15.4. The fourth-order valence-electron chi connectivity index (χ4n) is 3.19. The molecular formula is C22H27N3O3S. The van der Waals surface area contributed by atoms with Crippen LogP contribution in [0, 0.1) is 0 Å². The van der Waals surface area contributed by atoms with Crippen molar-refractivity contribution in [1.29, 1.82) is 0 Å². The van der Waals surface area contributed by atoms with Crippen molar-refractivity contribution in [2.24, 2.45) is 0 Å². The van der Waals surface area contributed by atoms with E-state index in [0.29, 0.717) is 13.0 Å². The van der Waals surface area contributed by atoms with Crippen LogP contribution in [0.3, 0.4) is 0 Å². The summed E-state index contributed by atoms with van der Waals surface area (Å²) in [6.07, 6.45) is 2.17. The zero-order valence-corrected chi connectivity index (χ0v) is 17.3. The molecule has 0 saturated heterocycles. The van der Waals surface area contributed by atoms with Gasteiger partial charge >= 0.3 is 6.03 Å². The Balaban J connectivity index is 1.55. The smallest absolute Gasteiger partial charge is 0.315 e. The highest BCUT2D eigenvalue weighted by atomic mass is 32.1. The number of furan rings is 1. The summed E-state index contributed by atoms with van der Waals surface area (Å²) in [5.41, 5.74) is 2.23. The summed E-state index contributed by atoms with van der Waals surface area (Å²) in [6.45, 7) is 1.93. The summed E-state index contributed by atoms with van der Waals surface area (Å²) in [4.78, 5) is 15.6. The largest absolute Gasteiger partial charge is 0.468 e. The molecule has 0 spiro atoms. The maximum absolute atomic E-state index is 12.4. The predicted octanol–water partition coefficient (Wildman–Crippen LogP) is 3.90. The zero-order chi connectivity index (χ0) is 20.5. The number of rotatable bonds is 10. The average molecular weight is 414 g/mol. The van der Waals surface area contributed by atoms with Crippen molar-refractivity contribution in [2.75, 3.05) is 13.7 Å². The van der Waals surface area contributed by atoms with Gasteiger partial charge in [0.2, 0.25) is 0 Å². The van der Waals surface area contributed by atoms with Crippen LogP contribution in [0.25, 0.3) is 0 Å². The molecule has 0 aliphatic rings. The Kier molecular flexibility index (Phi) is 7.86. The second-order valence-electron chi connectivity index (χ2n) is 6.93. The minimum atomic E-state index is -0.240. The second-order valence-corrected chi connectivity index (χ2v) is 7.91. The summed E-state index contributed by atoms with van der Waals surface area (Å²) >= 11 is 1.57. The van der Waals surface area contributed by atoms with Crippen molar-refractivity contribution < 1.29 is 14.3 Å². The highest BCUT2D eigenvalue weighted by Gasteiger charge is 2.15. The lowest BCUT2D eigenvalue weighted by molar-refractivity contribution is 0.229. The number of amides is 2. The van der Waals surface area contributed by atoms with Gasteiger partial charge in [0.15, 0.2) is 0 Å². The Hall–Kier alpha value is -2.61. The number of thiophene rings is 1. The van der Waals surface area contributed by atoms with Gasteiger partial charge in [0.05, 0.1) is 18.8 Å². The number of nitrogens with one attached hydrogen (secondary N) is 2. The standard InChI is InChI=1S/C22H27N3O3S/c1-25(16-19-8-4-12-28-19)15-18-7-3-2-6-17(18)14-23-22(27)24-20(10-11-26)21-9-5-13-29-21/h2-9,12-13,20,26H,10-11,14-16H2,1H3,(H2,23,24,27). The van der Waals surface area contributed by atoms with Crippen LogP contribution in [0.2, 0.25) is 0 Å². The van der Waals surface area contributed by atoms with E-state index in [-0.39, 0.29) is 18.7 Å². The van der Waals surface area contributed by atoms with Crippen molar-refractivity contribution >= 4 is 17.4 Å². The van der Waals surface area contributed by atoms with E-state index >= 15 is 0 Å². The van der Waals surface area contributed by atoms with Crippen LogP contribution in [-0.4, -0.2) is 29.7 Å². The molecule has 7 heteroatoms. The molecule has 1 unspecified atom stereocenters. The number of aliphatic hydroxyl groups excluding tert-OH is 1. The van der Waals surface area contributed by atoms with Crippen molar-refractivity contribution in [2.45, 2.75) is 32.1 Å². The summed E-state index contributed by atoms with van der Waals surface area (Å²) in [7, 11) is 2.04. The lowest BCUT2D eigenvalue weighted by Gasteiger charge is -2.19. The molecule has 2 aromatic heterocycles. The molecule has 0 saturated carbocycles. The monoisotopic (exact) mass is 413 g/mol. The van der Waals surface area contributed by atoms with E-state index in [4.69, 9.17) is 4.42 Å². The van der Waals surface area contributed by atoms with Crippen molar-refractivity contribution in [1.82, 2.24) is 15.5 Å². The highest BCUT2D eigenvalue weighted by molar-refractivity contribution is 7.10. The fraction of sp³-hybridized carbons (Fsp3) is 0.318. The van der Waals surface area contributed by atoms with E-state index in [2.05, 4.69) is 21.6 Å². The Morgan fingerprint density at radius 1 is 1.14 bits per heavy atom. The van der Waals surface area contributed by atoms with Crippen molar-refractivity contribution in [3.05, 3.63) is 81.9 Å². The molecule has 1 aromatic carbocycles. The van der Waals surface area contributed by atoms with Gasteiger partial charge < -0.3 is 20.2 Å².